The SMILES string of the molecule is CCCn1cc(C(C(=O)O)N(C)C(=O)OCc2ccccc2)cn1. The molecule has 2 aromatic rings. The van der Waals surface area contributed by atoms with E-state index in [1.807, 2.05) is 37.3 Å². The molecule has 1 N–H and O–H groups in total. The zero-order chi connectivity index (χ0) is 17.5. The van der Waals surface area contributed by atoms with Crippen molar-refractivity contribution in [3.8, 4) is 0 Å². The maximum absolute atomic E-state index is 12.2. The summed E-state index contributed by atoms with van der Waals surface area (Å²) in [7, 11) is 1.41. The van der Waals surface area contributed by atoms with Crippen molar-refractivity contribution in [3.63, 3.8) is 0 Å². The predicted octanol–water partition coefficient (Wildman–Crippen LogP) is 2.69. The maximum atomic E-state index is 12.2. The second-order valence-electron chi connectivity index (χ2n) is 5.43. The van der Waals surface area contributed by atoms with Crippen LogP contribution in [0.15, 0.2) is 42.7 Å². The molecule has 0 saturated heterocycles. The zero-order valence-electron chi connectivity index (χ0n) is 13.8. The van der Waals surface area contributed by atoms with E-state index in [4.69, 9.17) is 4.74 Å². The van der Waals surface area contributed by atoms with Gasteiger partial charge in [0.15, 0.2) is 6.04 Å². The third-order valence-corrected chi connectivity index (χ3v) is 3.54. The van der Waals surface area contributed by atoms with Gasteiger partial charge in [0.25, 0.3) is 0 Å². The van der Waals surface area contributed by atoms with Gasteiger partial charge in [-0.3, -0.25) is 9.58 Å². The topological polar surface area (TPSA) is 84.7 Å². The van der Waals surface area contributed by atoms with E-state index in [1.165, 1.54) is 13.2 Å². The van der Waals surface area contributed by atoms with E-state index in [0.717, 1.165) is 16.9 Å². The van der Waals surface area contributed by atoms with Gasteiger partial charge in [0.2, 0.25) is 0 Å². The molecule has 1 aromatic carbocycles. The molecule has 0 radical (unpaired) electrons. The normalized spacial score (nSPS) is 11.8. The number of carbonyl (C=O) groups excluding carboxylic acids is 1. The molecular weight excluding hydrogens is 310 g/mol. The highest BCUT2D eigenvalue weighted by Crippen LogP contribution is 2.20. The molecule has 0 spiro atoms. The molecule has 7 heteroatoms. The molecular formula is C17H21N3O4. The number of nitrogens with zero attached hydrogens (tertiary/aromatic N) is 3. The van der Waals surface area contributed by atoms with E-state index < -0.39 is 18.1 Å². The molecule has 7 nitrogen and oxygen atoms in total. The smallest absolute Gasteiger partial charge is 0.410 e. The van der Waals surface area contributed by atoms with Crippen LogP contribution in [-0.4, -0.2) is 38.9 Å². The van der Waals surface area contributed by atoms with Gasteiger partial charge in [-0.2, -0.15) is 5.10 Å². The number of hydrogen-bond acceptors (Lipinski definition) is 4. The quantitative estimate of drug-likeness (QED) is 0.843. The van der Waals surface area contributed by atoms with Crippen LogP contribution in [0.25, 0.3) is 0 Å². The van der Waals surface area contributed by atoms with Crippen LogP contribution in [0.5, 0.6) is 0 Å². The van der Waals surface area contributed by atoms with Crippen LogP contribution in [0.4, 0.5) is 4.79 Å². The summed E-state index contributed by atoms with van der Waals surface area (Å²) >= 11 is 0. The number of aromatic nitrogens is 2. The average molecular weight is 331 g/mol. The first-order chi connectivity index (χ1) is 11.5. The molecule has 2 rings (SSSR count). The minimum atomic E-state index is -1.14. The predicted molar refractivity (Wildman–Crippen MR) is 87.3 cm³/mol. The zero-order valence-corrected chi connectivity index (χ0v) is 13.8. The molecule has 1 aromatic heterocycles. The van der Waals surface area contributed by atoms with Crippen molar-refractivity contribution in [3.05, 3.63) is 53.9 Å². The lowest BCUT2D eigenvalue weighted by Crippen LogP contribution is -2.36. The maximum Gasteiger partial charge on any atom is 0.410 e. The molecule has 24 heavy (non-hydrogen) atoms. The minimum Gasteiger partial charge on any atom is -0.479 e. The van der Waals surface area contributed by atoms with E-state index in [1.54, 1.807) is 10.9 Å². The van der Waals surface area contributed by atoms with Gasteiger partial charge in [0, 0.05) is 25.4 Å². The monoisotopic (exact) mass is 331 g/mol. The summed E-state index contributed by atoms with van der Waals surface area (Å²) in [6.07, 6.45) is 3.29. The number of benzene rings is 1. The molecule has 0 aliphatic rings. The van der Waals surface area contributed by atoms with Crippen LogP contribution >= 0.6 is 0 Å². The first kappa shape index (κ1) is 17.5. The van der Waals surface area contributed by atoms with Crippen LogP contribution < -0.4 is 0 Å². The lowest BCUT2D eigenvalue weighted by Gasteiger charge is -2.23. The fraction of sp³-hybridized carbons (Fsp3) is 0.353. The number of rotatable bonds is 7. The summed E-state index contributed by atoms with van der Waals surface area (Å²) in [6, 6.07) is 8.07. The van der Waals surface area contributed by atoms with Crippen LogP contribution in [0, 0.1) is 0 Å². The number of ether oxygens (including phenoxy) is 1. The number of amides is 1. The summed E-state index contributed by atoms with van der Waals surface area (Å²) in [4.78, 5) is 24.9. The Morgan fingerprint density at radius 2 is 2.04 bits per heavy atom. The van der Waals surface area contributed by atoms with Crippen LogP contribution in [-0.2, 0) is 22.7 Å². The Bertz CT molecular complexity index is 684. The van der Waals surface area contributed by atoms with E-state index >= 15 is 0 Å². The highest BCUT2D eigenvalue weighted by Gasteiger charge is 2.30. The van der Waals surface area contributed by atoms with Crippen molar-refractivity contribution in [2.75, 3.05) is 7.05 Å². The van der Waals surface area contributed by atoms with Gasteiger partial charge in [-0.1, -0.05) is 37.3 Å². The van der Waals surface area contributed by atoms with Crippen molar-refractivity contribution in [1.29, 1.82) is 0 Å². The number of hydrogen-bond donors (Lipinski definition) is 1. The number of carboxylic acid groups (broad SMARTS) is 1. The highest BCUT2D eigenvalue weighted by atomic mass is 16.6. The molecule has 0 bridgehead atoms. The summed E-state index contributed by atoms with van der Waals surface area (Å²) in [5, 5.41) is 13.6. The summed E-state index contributed by atoms with van der Waals surface area (Å²) in [6.45, 7) is 2.78. The van der Waals surface area contributed by atoms with Crippen molar-refractivity contribution in [2.45, 2.75) is 32.5 Å². The lowest BCUT2D eigenvalue weighted by atomic mass is 10.1. The van der Waals surface area contributed by atoms with E-state index in [-0.39, 0.29) is 6.61 Å². The number of aryl methyl sites for hydroxylation is 1. The number of carbonyl (C=O) groups is 2. The summed E-state index contributed by atoms with van der Waals surface area (Å²) in [5.74, 6) is -1.13. The first-order valence-corrected chi connectivity index (χ1v) is 7.71. The Labute approximate surface area is 140 Å². The fourth-order valence-electron chi connectivity index (χ4n) is 2.33. The Hall–Kier alpha value is -2.83. The van der Waals surface area contributed by atoms with Crippen molar-refractivity contribution in [1.82, 2.24) is 14.7 Å². The average Bonchev–Trinajstić information content (AvgIpc) is 3.01. The highest BCUT2D eigenvalue weighted by molar-refractivity contribution is 5.81. The number of aliphatic carboxylic acids is 1. The van der Waals surface area contributed by atoms with Gasteiger partial charge in [-0.25, -0.2) is 9.59 Å². The number of likely N-dealkylation sites (N-methyl/N-ethyl adjacent to an activating group) is 1. The first-order valence-electron chi connectivity index (χ1n) is 7.71. The van der Waals surface area contributed by atoms with Crippen LogP contribution in [0.1, 0.15) is 30.5 Å². The van der Waals surface area contributed by atoms with Gasteiger partial charge >= 0.3 is 12.1 Å². The molecule has 128 valence electrons. The number of carboxylic acids is 1. The summed E-state index contributed by atoms with van der Waals surface area (Å²) < 4.78 is 6.85. The third-order valence-electron chi connectivity index (χ3n) is 3.54. The van der Waals surface area contributed by atoms with E-state index in [0.29, 0.717) is 12.1 Å². The Morgan fingerprint density at radius 1 is 1.33 bits per heavy atom. The fourth-order valence-corrected chi connectivity index (χ4v) is 2.33. The van der Waals surface area contributed by atoms with Crippen molar-refractivity contribution >= 4 is 12.1 Å². The van der Waals surface area contributed by atoms with Gasteiger partial charge in [-0.15, -0.1) is 0 Å². The summed E-state index contributed by atoms with van der Waals surface area (Å²) in [5.41, 5.74) is 1.28. The van der Waals surface area contributed by atoms with Crippen molar-refractivity contribution in [2.24, 2.45) is 0 Å². The molecule has 0 aliphatic carbocycles. The van der Waals surface area contributed by atoms with Crippen LogP contribution in [0.3, 0.4) is 0 Å². The van der Waals surface area contributed by atoms with Crippen molar-refractivity contribution < 1.29 is 19.4 Å². The molecule has 1 atom stereocenters. The second kappa shape index (κ2) is 8.14. The Morgan fingerprint density at radius 3 is 2.67 bits per heavy atom. The van der Waals surface area contributed by atoms with Gasteiger partial charge < -0.3 is 9.84 Å². The lowest BCUT2D eigenvalue weighted by molar-refractivity contribution is -0.142. The van der Waals surface area contributed by atoms with Gasteiger partial charge in [-0.05, 0) is 12.0 Å². The van der Waals surface area contributed by atoms with E-state index in [9.17, 15) is 14.7 Å². The molecule has 1 heterocycles. The largest absolute Gasteiger partial charge is 0.479 e. The Balaban J connectivity index is 2.05. The Kier molecular flexibility index (Phi) is 5.95. The third kappa shape index (κ3) is 4.34. The standard InChI is InChI=1S/C17H21N3O4/c1-3-9-20-11-14(10-18-20)15(16(21)22)19(2)17(23)24-12-13-7-5-4-6-8-13/h4-8,10-11,15H,3,9,12H2,1-2H3,(H,21,22). The van der Waals surface area contributed by atoms with E-state index in [2.05, 4.69) is 5.10 Å². The van der Waals surface area contributed by atoms with Crippen LogP contribution in [0.2, 0.25) is 0 Å². The molecule has 0 saturated carbocycles. The molecule has 1 unspecified atom stereocenters. The minimum absolute atomic E-state index is 0.0887. The van der Waals surface area contributed by atoms with Gasteiger partial charge in [0.1, 0.15) is 6.61 Å². The second-order valence-corrected chi connectivity index (χ2v) is 5.43. The van der Waals surface area contributed by atoms with Gasteiger partial charge in [0.05, 0.1) is 6.20 Å². The molecule has 0 aliphatic heterocycles. The molecule has 0 fully saturated rings. The molecule has 1 amide bonds.